The number of imidazole rings is 2. The van der Waals surface area contributed by atoms with Gasteiger partial charge in [-0.15, -0.1) is 0 Å². The molecule has 4 heterocycles. The number of halogens is 1. The van der Waals surface area contributed by atoms with Gasteiger partial charge >= 0.3 is 0 Å². The number of benzene rings is 1. The summed E-state index contributed by atoms with van der Waals surface area (Å²) in [5.41, 5.74) is 3.86. The van der Waals surface area contributed by atoms with Gasteiger partial charge in [0.05, 0.1) is 24.3 Å². The van der Waals surface area contributed by atoms with E-state index in [1.807, 2.05) is 32.1 Å². The summed E-state index contributed by atoms with van der Waals surface area (Å²) in [5.74, 6) is 0.807. The molecule has 0 amide bonds. The van der Waals surface area contributed by atoms with E-state index in [9.17, 15) is 0 Å². The molecule has 3 aromatic heterocycles. The summed E-state index contributed by atoms with van der Waals surface area (Å²) >= 11 is 6.24. The van der Waals surface area contributed by atoms with Gasteiger partial charge in [-0.2, -0.15) is 5.10 Å². The normalized spacial score (nSPS) is 12.4. The lowest BCUT2D eigenvalue weighted by molar-refractivity contribution is 0.677. The Morgan fingerprint density at radius 2 is 2.09 bits per heavy atom. The van der Waals surface area contributed by atoms with Crippen LogP contribution in [0.2, 0.25) is 5.15 Å². The van der Waals surface area contributed by atoms with Crippen LogP contribution >= 0.6 is 11.6 Å². The summed E-state index contributed by atoms with van der Waals surface area (Å²) in [7, 11) is 0. The van der Waals surface area contributed by atoms with E-state index in [1.165, 1.54) is 0 Å². The van der Waals surface area contributed by atoms with Gasteiger partial charge < -0.3 is 4.57 Å². The van der Waals surface area contributed by atoms with E-state index in [4.69, 9.17) is 11.6 Å². The first-order valence-electron chi connectivity index (χ1n) is 7.04. The Morgan fingerprint density at radius 1 is 1.13 bits per heavy atom. The van der Waals surface area contributed by atoms with Gasteiger partial charge in [0.1, 0.15) is 12.7 Å². The molecule has 0 aliphatic carbocycles. The Hall–Kier alpha value is -2.93. The second-order valence-corrected chi connectivity index (χ2v) is 5.62. The second-order valence-electron chi connectivity index (χ2n) is 5.26. The highest BCUT2D eigenvalue weighted by atomic mass is 35.5. The van der Waals surface area contributed by atoms with Gasteiger partial charge in [-0.3, -0.25) is 4.57 Å². The van der Waals surface area contributed by atoms with Gasteiger partial charge in [-0.25, -0.2) is 19.6 Å². The van der Waals surface area contributed by atoms with Gasteiger partial charge in [-0.05, 0) is 18.2 Å². The van der Waals surface area contributed by atoms with Crippen molar-refractivity contribution in [3.8, 4) is 22.8 Å². The van der Waals surface area contributed by atoms with Crippen LogP contribution in [-0.2, 0) is 6.54 Å². The van der Waals surface area contributed by atoms with E-state index in [0.717, 1.165) is 28.5 Å². The predicted octanol–water partition coefficient (Wildman–Crippen LogP) is 2.33. The van der Waals surface area contributed by atoms with Gasteiger partial charge in [0.25, 0.3) is 0 Å². The van der Waals surface area contributed by atoms with Crippen molar-refractivity contribution in [3.05, 3.63) is 60.4 Å². The molecular weight excluding hydrogens is 314 g/mol. The third-order valence-corrected chi connectivity index (χ3v) is 4.33. The first-order chi connectivity index (χ1) is 11.3. The quantitative estimate of drug-likeness (QED) is 0.475. The highest BCUT2D eigenvalue weighted by molar-refractivity contribution is 6.30. The molecule has 8 heteroatoms. The van der Waals surface area contributed by atoms with E-state index in [0.29, 0.717) is 11.7 Å². The zero-order valence-corrected chi connectivity index (χ0v) is 12.6. The molecule has 0 saturated carbocycles. The molecule has 0 unspecified atom stereocenters. The van der Waals surface area contributed by atoms with Crippen LogP contribution in [0.15, 0.2) is 49.6 Å². The minimum Gasteiger partial charge on any atom is -0.306 e. The summed E-state index contributed by atoms with van der Waals surface area (Å²) in [6.45, 7) is 0.531. The standard InChI is InChI=1S/C15H10ClN7/c16-14-13-6-23-15(18-7-20-23)11-5-10(21-4-3-17-8-21)1-2-12(11)22(13)9-19-14/h1-5,7-9H,6H2. The molecule has 1 aliphatic rings. The fourth-order valence-electron chi connectivity index (χ4n) is 2.92. The Bertz CT molecular complexity index is 1010. The average Bonchev–Trinajstić information content (AvgIpc) is 3.29. The first-order valence-corrected chi connectivity index (χ1v) is 7.42. The highest BCUT2D eigenvalue weighted by Crippen LogP contribution is 2.33. The molecule has 0 spiro atoms. The Labute approximate surface area is 135 Å². The topological polar surface area (TPSA) is 66.3 Å². The van der Waals surface area contributed by atoms with Crippen LogP contribution in [0.3, 0.4) is 0 Å². The minimum absolute atomic E-state index is 0.484. The molecule has 1 aromatic carbocycles. The summed E-state index contributed by atoms with van der Waals surface area (Å²) in [6.07, 6.45) is 8.72. The summed E-state index contributed by atoms with van der Waals surface area (Å²) in [5, 5.41) is 4.80. The fraction of sp³-hybridized carbons (Fsp3) is 0.0667. The molecule has 4 aromatic rings. The Kier molecular flexibility index (Phi) is 2.48. The zero-order chi connectivity index (χ0) is 15.4. The van der Waals surface area contributed by atoms with E-state index in [-0.39, 0.29) is 0 Å². The molecule has 112 valence electrons. The maximum atomic E-state index is 6.24. The van der Waals surface area contributed by atoms with Crippen LogP contribution in [0.5, 0.6) is 0 Å². The third kappa shape index (κ3) is 1.77. The minimum atomic E-state index is 0.484. The summed E-state index contributed by atoms with van der Waals surface area (Å²) < 4.78 is 5.78. The zero-order valence-electron chi connectivity index (χ0n) is 11.8. The molecule has 5 rings (SSSR count). The van der Waals surface area contributed by atoms with Gasteiger partial charge in [0.15, 0.2) is 11.0 Å². The molecule has 23 heavy (non-hydrogen) atoms. The molecule has 1 aliphatic heterocycles. The number of hydrogen-bond acceptors (Lipinski definition) is 4. The second kappa shape index (κ2) is 4.53. The van der Waals surface area contributed by atoms with Gasteiger partial charge in [0, 0.05) is 23.6 Å². The molecule has 0 radical (unpaired) electrons. The number of aromatic nitrogens is 7. The van der Waals surface area contributed by atoms with Crippen LogP contribution in [0.1, 0.15) is 5.69 Å². The Morgan fingerprint density at radius 3 is 2.96 bits per heavy atom. The van der Waals surface area contributed by atoms with Crippen molar-refractivity contribution < 1.29 is 0 Å². The van der Waals surface area contributed by atoms with E-state index in [2.05, 4.69) is 26.1 Å². The number of fused-ring (bicyclic) bond motifs is 5. The maximum absolute atomic E-state index is 6.24. The predicted molar refractivity (Wildman–Crippen MR) is 83.8 cm³/mol. The first kappa shape index (κ1) is 12.6. The van der Waals surface area contributed by atoms with E-state index < -0.39 is 0 Å². The monoisotopic (exact) mass is 323 g/mol. The highest BCUT2D eigenvalue weighted by Gasteiger charge is 2.23. The number of nitrogens with zero attached hydrogens (tertiary/aromatic N) is 7. The molecule has 0 fully saturated rings. The summed E-state index contributed by atoms with van der Waals surface area (Å²) in [4.78, 5) is 12.7. The molecule has 0 saturated heterocycles. The van der Waals surface area contributed by atoms with Crippen molar-refractivity contribution in [3.63, 3.8) is 0 Å². The third-order valence-electron chi connectivity index (χ3n) is 4.01. The molecular formula is C15H10ClN7. The molecule has 0 N–H and O–H groups in total. The van der Waals surface area contributed by atoms with Crippen molar-refractivity contribution in [2.45, 2.75) is 6.54 Å². The Balaban J connectivity index is 1.82. The number of hydrogen-bond donors (Lipinski definition) is 0. The van der Waals surface area contributed by atoms with E-state index in [1.54, 1.807) is 25.2 Å². The van der Waals surface area contributed by atoms with Gasteiger partial charge in [0.2, 0.25) is 0 Å². The molecule has 0 atom stereocenters. The van der Waals surface area contributed by atoms with Crippen LogP contribution in [0, 0.1) is 0 Å². The molecule has 7 nitrogen and oxygen atoms in total. The van der Waals surface area contributed by atoms with Crippen LogP contribution in [-0.4, -0.2) is 33.9 Å². The van der Waals surface area contributed by atoms with Crippen LogP contribution < -0.4 is 0 Å². The lowest BCUT2D eigenvalue weighted by Crippen LogP contribution is -2.04. The van der Waals surface area contributed by atoms with Crippen molar-refractivity contribution in [2.24, 2.45) is 0 Å². The van der Waals surface area contributed by atoms with E-state index >= 15 is 0 Å². The number of rotatable bonds is 1. The SMILES string of the molecule is Clc1ncn2c1Cn1ncnc1-c1cc(-n3ccnc3)ccc1-2. The van der Waals surface area contributed by atoms with Gasteiger partial charge in [-0.1, -0.05) is 11.6 Å². The molecule has 0 bridgehead atoms. The van der Waals surface area contributed by atoms with Crippen LogP contribution in [0.25, 0.3) is 22.8 Å². The largest absolute Gasteiger partial charge is 0.306 e. The van der Waals surface area contributed by atoms with Crippen LogP contribution in [0.4, 0.5) is 0 Å². The lowest BCUT2D eigenvalue weighted by atomic mass is 10.1. The maximum Gasteiger partial charge on any atom is 0.160 e. The average molecular weight is 324 g/mol. The summed E-state index contributed by atoms with van der Waals surface area (Å²) in [6, 6.07) is 6.14. The van der Waals surface area contributed by atoms with Crippen molar-refractivity contribution >= 4 is 11.6 Å². The smallest absolute Gasteiger partial charge is 0.160 e. The van der Waals surface area contributed by atoms with Crippen molar-refractivity contribution in [1.29, 1.82) is 0 Å². The lowest BCUT2D eigenvalue weighted by Gasteiger charge is -2.11. The fourth-order valence-corrected chi connectivity index (χ4v) is 3.11. The van der Waals surface area contributed by atoms with Crippen molar-refractivity contribution in [2.75, 3.05) is 0 Å². The van der Waals surface area contributed by atoms with Crippen molar-refractivity contribution in [1.82, 2.24) is 33.9 Å².